The molecule has 0 radical (unpaired) electrons. The summed E-state index contributed by atoms with van der Waals surface area (Å²) in [5.41, 5.74) is 0. The third-order valence-electron chi connectivity index (χ3n) is 4.09. The summed E-state index contributed by atoms with van der Waals surface area (Å²) in [4.78, 5) is 22.6. The number of aliphatic imine (C=N–C) groups is 1. The van der Waals surface area contributed by atoms with Crippen LogP contribution in [0.25, 0.3) is 0 Å². The zero-order valence-corrected chi connectivity index (χ0v) is 14.7. The highest BCUT2D eigenvalue weighted by Gasteiger charge is 2.26. The second kappa shape index (κ2) is 7.51. The summed E-state index contributed by atoms with van der Waals surface area (Å²) in [6.45, 7) is 6.68. The Hall–Kier alpha value is -1.01. The molecule has 0 bridgehead atoms. The van der Waals surface area contributed by atoms with Gasteiger partial charge in [-0.3, -0.25) is 9.79 Å². The molecule has 6 heteroatoms. The number of hydrogen-bond donors (Lipinski definition) is 0. The number of nitrogens with zero attached hydrogens (tertiary/aromatic N) is 3. The predicted molar refractivity (Wildman–Crippen MR) is 94.8 cm³/mol. The molecular formula is C16H23N3OS2. The van der Waals surface area contributed by atoms with Crippen LogP contribution in [-0.2, 0) is 11.2 Å². The van der Waals surface area contributed by atoms with E-state index in [9.17, 15) is 4.79 Å². The van der Waals surface area contributed by atoms with E-state index < -0.39 is 0 Å². The fourth-order valence-electron chi connectivity index (χ4n) is 2.81. The molecule has 1 amide bonds. The van der Waals surface area contributed by atoms with Crippen LogP contribution in [0.2, 0.25) is 0 Å². The monoisotopic (exact) mass is 337 g/mol. The van der Waals surface area contributed by atoms with Crippen LogP contribution in [0.4, 0.5) is 0 Å². The summed E-state index contributed by atoms with van der Waals surface area (Å²) < 4.78 is 0. The van der Waals surface area contributed by atoms with E-state index in [-0.39, 0.29) is 0 Å². The van der Waals surface area contributed by atoms with E-state index in [0.29, 0.717) is 17.6 Å². The van der Waals surface area contributed by atoms with Crippen LogP contribution in [0.15, 0.2) is 22.5 Å². The lowest BCUT2D eigenvalue weighted by Gasteiger charge is -2.35. The van der Waals surface area contributed by atoms with Crippen LogP contribution in [-0.4, -0.2) is 58.8 Å². The molecule has 0 saturated carbocycles. The fourth-order valence-corrected chi connectivity index (χ4v) is 4.55. The number of piperazine rings is 1. The quantitative estimate of drug-likeness (QED) is 0.847. The number of hydrogen-bond acceptors (Lipinski definition) is 5. The maximum absolute atomic E-state index is 12.3. The number of rotatable bonds is 4. The minimum atomic E-state index is 0.311. The summed E-state index contributed by atoms with van der Waals surface area (Å²) in [6, 6.07) is 4.22. The van der Waals surface area contributed by atoms with Gasteiger partial charge in [0.25, 0.3) is 0 Å². The van der Waals surface area contributed by atoms with Gasteiger partial charge in [0.1, 0.15) is 0 Å². The van der Waals surface area contributed by atoms with Crippen molar-refractivity contribution in [3.63, 3.8) is 0 Å². The standard InChI is InChI=1S/C16H23N3OS2/c1-13-12-17-16(22-13)19-9-7-18(8-10-19)15(20)6-2-4-14-5-3-11-21-14/h3,5,11,13H,2,4,6-10,12H2,1H3/t13-/m1/s1. The SMILES string of the molecule is C[C@@H]1CN=C(N2CCN(C(=O)CCCc3cccs3)CC2)S1. The van der Waals surface area contributed by atoms with Crippen LogP contribution < -0.4 is 0 Å². The Morgan fingerprint density at radius 2 is 2.18 bits per heavy atom. The van der Waals surface area contributed by atoms with Gasteiger partial charge >= 0.3 is 0 Å². The number of amides is 1. The molecule has 3 heterocycles. The summed E-state index contributed by atoms with van der Waals surface area (Å²) in [5.74, 6) is 0.311. The molecule has 1 atom stereocenters. The van der Waals surface area contributed by atoms with Crippen molar-refractivity contribution in [2.45, 2.75) is 31.4 Å². The van der Waals surface area contributed by atoms with E-state index in [1.54, 1.807) is 11.3 Å². The highest BCUT2D eigenvalue weighted by molar-refractivity contribution is 8.14. The Bertz CT molecular complexity index is 522. The third kappa shape index (κ3) is 4.04. The predicted octanol–water partition coefficient (Wildman–Crippen LogP) is 2.71. The van der Waals surface area contributed by atoms with Gasteiger partial charge in [-0.15, -0.1) is 11.3 Å². The first-order valence-electron chi connectivity index (χ1n) is 7.98. The van der Waals surface area contributed by atoms with E-state index in [2.05, 4.69) is 34.3 Å². The summed E-state index contributed by atoms with van der Waals surface area (Å²) in [5, 5.41) is 3.88. The number of aryl methyl sites for hydroxylation is 1. The molecule has 4 nitrogen and oxygen atoms in total. The Morgan fingerprint density at radius 1 is 1.36 bits per heavy atom. The van der Waals surface area contributed by atoms with Gasteiger partial charge in [0, 0.05) is 42.7 Å². The highest BCUT2D eigenvalue weighted by atomic mass is 32.2. The first-order chi connectivity index (χ1) is 10.7. The Balaban J connectivity index is 1.38. The second-order valence-electron chi connectivity index (χ2n) is 5.85. The minimum absolute atomic E-state index is 0.311. The lowest BCUT2D eigenvalue weighted by atomic mass is 10.2. The lowest BCUT2D eigenvalue weighted by molar-refractivity contribution is -0.132. The molecule has 2 aliphatic rings. The van der Waals surface area contributed by atoms with Crippen molar-refractivity contribution in [2.75, 3.05) is 32.7 Å². The molecule has 1 aromatic heterocycles. The van der Waals surface area contributed by atoms with Gasteiger partial charge in [-0.1, -0.05) is 24.8 Å². The second-order valence-corrected chi connectivity index (χ2v) is 8.29. The van der Waals surface area contributed by atoms with Crippen molar-refractivity contribution in [1.29, 1.82) is 0 Å². The molecule has 1 saturated heterocycles. The summed E-state index contributed by atoms with van der Waals surface area (Å²) in [6.07, 6.45) is 2.65. The number of thiophene rings is 1. The molecule has 0 spiro atoms. The number of carbonyl (C=O) groups excluding carboxylic acids is 1. The van der Waals surface area contributed by atoms with E-state index in [4.69, 9.17) is 0 Å². The van der Waals surface area contributed by atoms with Gasteiger partial charge in [-0.05, 0) is 24.3 Å². The minimum Gasteiger partial charge on any atom is -0.348 e. The molecular weight excluding hydrogens is 314 g/mol. The molecule has 1 fully saturated rings. The molecule has 0 aromatic carbocycles. The van der Waals surface area contributed by atoms with Gasteiger partial charge in [-0.25, -0.2) is 0 Å². The van der Waals surface area contributed by atoms with Crippen molar-refractivity contribution < 1.29 is 4.79 Å². The van der Waals surface area contributed by atoms with E-state index in [1.165, 1.54) is 10.0 Å². The molecule has 0 N–H and O–H groups in total. The Kier molecular flexibility index (Phi) is 5.41. The average Bonchev–Trinajstić information content (AvgIpc) is 3.19. The van der Waals surface area contributed by atoms with Gasteiger partial charge in [0.2, 0.25) is 5.91 Å². The maximum Gasteiger partial charge on any atom is 0.222 e. The molecule has 1 aromatic rings. The van der Waals surface area contributed by atoms with Crippen molar-refractivity contribution in [1.82, 2.24) is 9.80 Å². The largest absolute Gasteiger partial charge is 0.348 e. The lowest BCUT2D eigenvalue weighted by Crippen LogP contribution is -2.49. The van der Waals surface area contributed by atoms with Gasteiger partial charge < -0.3 is 9.80 Å². The zero-order valence-electron chi connectivity index (χ0n) is 13.0. The molecule has 0 unspecified atom stereocenters. The summed E-state index contributed by atoms with van der Waals surface area (Å²) >= 11 is 3.65. The zero-order chi connectivity index (χ0) is 15.4. The molecule has 22 heavy (non-hydrogen) atoms. The van der Waals surface area contributed by atoms with Crippen LogP contribution in [0.3, 0.4) is 0 Å². The molecule has 0 aliphatic carbocycles. The van der Waals surface area contributed by atoms with Crippen LogP contribution in [0, 0.1) is 0 Å². The van der Waals surface area contributed by atoms with Gasteiger partial charge in [-0.2, -0.15) is 0 Å². The molecule has 2 aliphatic heterocycles. The van der Waals surface area contributed by atoms with Gasteiger partial charge in [0.15, 0.2) is 5.17 Å². The van der Waals surface area contributed by atoms with Crippen molar-refractivity contribution >= 4 is 34.2 Å². The number of amidine groups is 1. The van der Waals surface area contributed by atoms with Crippen molar-refractivity contribution in [3.05, 3.63) is 22.4 Å². The van der Waals surface area contributed by atoms with Crippen LogP contribution in [0.5, 0.6) is 0 Å². The number of carbonyl (C=O) groups is 1. The van der Waals surface area contributed by atoms with E-state index in [1.807, 2.05) is 16.7 Å². The fraction of sp³-hybridized carbons (Fsp3) is 0.625. The van der Waals surface area contributed by atoms with E-state index in [0.717, 1.165) is 45.6 Å². The van der Waals surface area contributed by atoms with Crippen molar-refractivity contribution in [3.8, 4) is 0 Å². The van der Waals surface area contributed by atoms with E-state index >= 15 is 0 Å². The Labute approximate surface area is 140 Å². The maximum atomic E-state index is 12.3. The Morgan fingerprint density at radius 3 is 2.82 bits per heavy atom. The first kappa shape index (κ1) is 15.9. The normalized spacial score (nSPS) is 22.0. The highest BCUT2D eigenvalue weighted by Crippen LogP contribution is 2.23. The summed E-state index contributed by atoms with van der Waals surface area (Å²) in [7, 11) is 0. The first-order valence-corrected chi connectivity index (χ1v) is 9.74. The van der Waals surface area contributed by atoms with Crippen LogP contribution in [0.1, 0.15) is 24.6 Å². The smallest absolute Gasteiger partial charge is 0.222 e. The van der Waals surface area contributed by atoms with Crippen LogP contribution >= 0.6 is 23.1 Å². The third-order valence-corrected chi connectivity index (χ3v) is 6.17. The number of thioether (sulfide) groups is 1. The topological polar surface area (TPSA) is 35.9 Å². The van der Waals surface area contributed by atoms with Crippen molar-refractivity contribution in [2.24, 2.45) is 4.99 Å². The molecule has 120 valence electrons. The average molecular weight is 338 g/mol. The van der Waals surface area contributed by atoms with Gasteiger partial charge in [0.05, 0.1) is 6.54 Å². The molecule has 3 rings (SSSR count).